The van der Waals surface area contributed by atoms with Crippen LogP contribution in [0.15, 0.2) is 30.3 Å². The zero-order valence-corrected chi connectivity index (χ0v) is 14.3. The predicted octanol–water partition coefficient (Wildman–Crippen LogP) is 3.85. The number of rotatable bonds is 5. The summed E-state index contributed by atoms with van der Waals surface area (Å²) < 4.78 is 11.3. The minimum atomic E-state index is -0.708. The monoisotopic (exact) mass is 330 g/mol. The first-order valence-corrected chi connectivity index (χ1v) is 9.12. The van der Waals surface area contributed by atoms with Crippen LogP contribution in [0.1, 0.15) is 57.1 Å². The molecule has 0 unspecified atom stereocenters. The maximum absolute atomic E-state index is 12.6. The van der Waals surface area contributed by atoms with Gasteiger partial charge in [-0.25, -0.2) is 4.79 Å². The van der Waals surface area contributed by atoms with Gasteiger partial charge in [0.1, 0.15) is 0 Å². The number of esters is 1. The summed E-state index contributed by atoms with van der Waals surface area (Å²) in [5.74, 6) is -1.13. The van der Waals surface area contributed by atoms with Gasteiger partial charge < -0.3 is 9.47 Å². The van der Waals surface area contributed by atoms with E-state index in [1.54, 1.807) is 6.92 Å². The standard InChI is InChI=1S/C20H26O4/c1-2-23-20(22)18(21)16-13-17(14-9-5-3-6-10-14)24-19(16)15-11-7-4-8-12-15/h3,5-6,9-10,15-17,19H,2,4,7-8,11-13H2,1H3/t16-,17+,19+/m1/s1. The van der Waals surface area contributed by atoms with Crippen molar-refractivity contribution >= 4 is 11.8 Å². The van der Waals surface area contributed by atoms with Gasteiger partial charge in [-0.3, -0.25) is 4.79 Å². The zero-order chi connectivity index (χ0) is 16.9. The van der Waals surface area contributed by atoms with E-state index in [4.69, 9.17) is 9.47 Å². The highest BCUT2D eigenvalue weighted by Crippen LogP contribution is 2.44. The van der Waals surface area contributed by atoms with E-state index >= 15 is 0 Å². The molecule has 4 heteroatoms. The van der Waals surface area contributed by atoms with Gasteiger partial charge in [0, 0.05) is 0 Å². The van der Waals surface area contributed by atoms with E-state index in [9.17, 15) is 9.59 Å². The Morgan fingerprint density at radius 3 is 2.50 bits per heavy atom. The molecule has 0 aromatic heterocycles. The van der Waals surface area contributed by atoms with Crippen LogP contribution in [0.25, 0.3) is 0 Å². The van der Waals surface area contributed by atoms with Crippen LogP contribution in [0.2, 0.25) is 0 Å². The van der Waals surface area contributed by atoms with Crippen molar-refractivity contribution in [3.8, 4) is 0 Å². The Bertz CT molecular complexity index is 562. The normalized spacial score (nSPS) is 27.8. The Kier molecular flexibility index (Phi) is 5.67. The van der Waals surface area contributed by atoms with Crippen LogP contribution in [0.3, 0.4) is 0 Å². The highest BCUT2D eigenvalue weighted by atomic mass is 16.5. The van der Waals surface area contributed by atoms with Gasteiger partial charge in [-0.15, -0.1) is 0 Å². The number of ether oxygens (including phenoxy) is 2. The molecule has 24 heavy (non-hydrogen) atoms. The largest absolute Gasteiger partial charge is 0.460 e. The van der Waals surface area contributed by atoms with Crippen LogP contribution in [0.4, 0.5) is 0 Å². The lowest BCUT2D eigenvalue weighted by molar-refractivity contribution is -0.156. The fraction of sp³-hybridized carbons (Fsp3) is 0.600. The van der Waals surface area contributed by atoms with Crippen LogP contribution in [-0.4, -0.2) is 24.5 Å². The van der Waals surface area contributed by atoms with Crippen molar-refractivity contribution in [3.05, 3.63) is 35.9 Å². The lowest BCUT2D eigenvalue weighted by Crippen LogP contribution is -2.36. The Morgan fingerprint density at radius 1 is 1.12 bits per heavy atom. The molecule has 1 aliphatic heterocycles. The molecule has 1 saturated carbocycles. The second kappa shape index (κ2) is 7.93. The van der Waals surface area contributed by atoms with Crippen LogP contribution >= 0.6 is 0 Å². The Labute approximate surface area is 143 Å². The molecule has 3 rings (SSSR count). The first kappa shape index (κ1) is 17.2. The van der Waals surface area contributed by atoms with Gasteiger partial charge in [0.2, 0.25) is 5.78 Å². The topological polar surface area (TPSA) is 52.6 Å². The van der Waals surface area contributed by atoms with Crippen molar-refractivity contribution in [1.29, 1.82) is 0 Å². The molecule has 0 radical (unpaired) electrons. The predicted molar refractivity (Wildman–Crippen MR) is 90.4 cm³/mol. The molecule has 1 heterocycles. The van der Waals surface area contributed by atoms with E-state index in [0.717, 1.165) is 18.4 Å². The lowest BCUT2D eigenvalue weighted by Gasteiger charge is -2.30. The first-order valence-electron chi connectivity index (χ1n) is 9.12. The SMILES string of the molecule is CCOC(=O)C(=O)[C@H]1C[C@@H](c2ccccc2)O[C@H]1C1CCCCC1. The van der Waals surface area contributed by atoms with Gasteiger partial charge >= 0.3 is 5.97 Å². The Balaban J connectivity index is 1.79. The second-order valence-corrected chi connectivity index (χ2v) is 6.83. The maximum Gasteiger partial charge on any atom is 0.374 e. The third-order valence-corrected chi connectivity index (χ3v) is 5.29. The molecule has 0 amide bonds. The maximum atomic E-state index is 12.6. The van der Waals surface area contributed by atoms with Gasteiger partial charge in [-0.05, 0) is 37.7 Å². The minimum absolute atomic E-state index is 0.110. The van der Waals surface area contributed by atoms with Crippen LogP contribution in [0.5, 0.6) is 0 Å². The molecule has 1 aromatic rings. The summed E-state index contributed by atoms with van der Waals surface area (Å²) >= 11 is 0. The molecule has 1 aromatic carbocycles. The van der Waals surface area contributed by atoms with E-state index in [-0.39, 0.29) is 24.7 Å². The molecule has 2 fully saturated rings. The number of ketones is 1. The van der Waals surface area contributed by atoms with Gasteiger partial charge in [0.15, 0.2) is 0 Å². The van der Waals surface area contributed by atoms with Crippen LogP contribution in [0, 0.1) is 11.8 Å². The molecule has 1 aliphatic carbocycles. The number of hydrogen-bond acceptors (Lipinski definition) is 4. The molecular weight excluding hydrogens is 304 g/mol. The fourth-order valence-electron chi connectivity index (χ4n) is 4.10. The van der Waals surface area contributed by atoms with Crippen molar-refractivity contribution in [1.82, 2.24) is 0 Å². The van der Waals surface area contributed by atoms with E-state index in [1.165, 1.54) is 19.3 Å². The molecule has 3 atom stereocenters. The van der Waals surface area contributed by atoms with Crippen molar-refractivity contribution in [2.45, 2.75) is 57.7 Å². The molecular formula is C20H26O4. The quantitative estimate of drug-likeness (QED) is 0.608. The van der Waals surface area contributed by atoms with Crippen molar-refractivity contribution in [2.24, 2.45) is 11.8 Å². The summed E-state index contributed by atoms with van der Waals surface area (Å²) in [6.07, 6.45) is 6.08. The first-order chi connectivity index (χ1) is 11.7. The fourth-order valence-corrected chi connectivity index (χ4v) is 4.10. The van der Waals surface area contributed by atoms with Gasteiger partial charge in [-0.1, -0.05) is 49.6 Å². The average molecular weight is 330 g/mol. The van der Waals surface area contributed by atoms with E-state index < -0.39 is 11.8 Å². The second-order valence-electron chi connectivity index (χ2n) is 6.83. The summed E-state index contributed by atoms with van der Waals surface area (Å²) in [5.41, 5.74) is 1.08. The third-order valence-electron chi connectivity index (χ3n) is 5.29. The number of hydrogen-bond donors (Lipinski definition) is 0. The summed E-state index contributed by atoms with van der Waals surface area (Å²) in [6, 6.07) is 9.99. The van der Waals surface area contributed by atoms with Gasteiger partial charge in [-0.2, -0.15) is 0 Å². The summed E-state index contributed by atoms with van der Waals surface area (Å²) in [4.78, 5) is 24.6. The number of Topliss-reactive ketones (excluding diaryl/α,β-unsaturated/α-hetero) is 1. The van der Waals surface area contributed by atoms with Crippen molar-refractivity contribution in [2.75, 3.05) is 6.61 Å². The van der Waals surface area contributed by atoms with E-state index in [0.29, 0.717) is 12.3 Å². The Hall–Kier alpha value is -1.68. The molecule has 4 nitrogen and oxygen atoms in total. The number of carbonyl (C=O) groups is 2. The van der Waals surface area contributed by atoms with Crippen molar-refractivity contribution < 1.29 is 19.1 Å². The van der Waals surface area contributed by atoms with Crippen molar-refractivity contribution in [3.63, 3.8) is 0 Å². The number of carbonyl (C=O) groups excluding carboxylic acids is 2. The Morgan fingerprint density at radius 2 is 1.83 bits per heavy atom. The average Bonchev–Trinajstić information content (AvgIpc) is 3.08. The molecule has 1 saturated heterocycles. The molecule has 0 bridgehead atoms. The number of benzene rings is 1. The zero-order valence-electron chi connectivity index (χ0n) is 14.3. The van der Waals surface area contributed by atoms with Gasteiger partial charge in [0.05, 0.1) is 24.7 Å². The molecule has 130 valence electrons. The highest BCUT2D eigenvalue weighted by Gasteiger charge is 2.46. The third kappa shape index (κ3) is 3.69. The van der Waals surface area contributed by atoms with E-state index in [1.807, 2.05) is 30.3 Å². The summed E-state index contributed by atoms with van der Waals surface area (Å²) in [6.45, 7) is 1.95. The smallest absolute Gasteiger partial charge is 0.374 e. The van der Waals surface area contributed by atoms with Crippen LogP contribution < -0.4 is 0 Å². The van der Waals surface area contributed by atoms with Gasteiger partial charge in [0.25, 0.3) is 0 Å². The van der Waals surface area contributed by atoms with Crippen LogP contribution in [-0.2, 0) is 19.1 Å². The lowest BCUT2D eigenvalue weighted by atomic mass is 9.78. The molecule has 2 aliphatic rings. The van der Waals surface area contributed by atoms with E-state index in [2.05, 4.69) is 0 Å². The molecule has 0 spiro atoms. The summed E-state index contributed by atoms with van der Waals surface area (Å²) in [5, 5.41) is 0. The molecule has 0 N–H and O–H groups in total. The summed E-state index contributed by atoms with van der Waals surface area (Å²) in [7, 11) is 0. The minimum Gasteiger partial charge on any atom is -0.460 e. The highest BCUT2D eigenvalue weighted by molar-refractivity contribution is 6.34.